The topological polar surface area (TPSA) is 78.6 Å². The Morgan fingerprint density at radius 1 is 1.28 bits per heavy atom. The van der Waals surface area contributed by atoms with Gasteiger partial charge < -0.3 is 21.1 Å². The van der Waals surface area contributed by atoms with Gasteiger partial charge in [0.15, 0.2) is 0 Å². The Hall–Kier alpha value is -0.850. The maximum absolute atomic E-state index is 11.7. The van der Waals surface area contributed by atoms with Crippen LogP contribution in [-0.2, 0) is 4.79 Å². The largest absolute Gasteiger partial charge is 0.387 e. The van der Waals surface area contributed by atoms with Gasteiger partial charge in [-0.05, 0) is 37.4 Å². The van der Waals surface area contributed by atoms with Crippen LogP contribution in [0.2, 0.25) is 0 Å². The van der Waals surface area contributed by atoms with Crippen LogP contribution in [-0.4, -0.2) is 48.6 Å². The highest BCUT2D eigenvalue weighted by Gasteiger charge is 2.22. The van der Waals surface area contributed by atoms with Crippen LogP contribution in [0.5, 0.6) is 0 Å². The molecule has 1 aromatic carbocycles. The molecule has 1 aliphatic heterocycles. The smallest absolute Gasteiger partial charge is 0.224 e. The van der Waals surface area contributed by atoms with Gasteiger partial charge in [-0.2, -0.15) is 0 Å². The van der Waals surface area contributed by atoms with E-state index in [1.165, 1.54) is 0 Å². The molecule has 2 rings (SSSR count). The van der Waals surface area contributed by atoms with E-state index in [0.717, 1.165) is 38.0 Å². The second-order valence-corrected chi connectivity index (χ2v) is 6.55. The zero-order chi connectivity index (χ0) is 16.7. The molecule has 7 heteroatoms. The fourth-order valence-corrected chi connectivity index (χ4v) is 2.92. The molecule has 1 fully saturated rings. The summed E-state index contributed by atoms with van der Waals surface area (Å²) in [6.45, 7) is 5.59. The van der Waals surface area contributed by atoms with Crippen molar-refractivity contribution in [3.8, 4) is 0 Å². The molecule has 1 aliphatic rings. The highest BCUT2D eigenvalue weighted by molar-refractivity contribution is 5.85. The van der Waals surface area contributed by atoms with Crippen molar-refractivity contribution in [1.29, 1.82) is 0 Å². The molecule has 4 N–H and O–H groups in total. The molecule has 0 radical (unpaired) electrons. The second kappa shape index (κ2) is 12.5. The lowest BCUT2D eigenvalue weighted by atomic mass is 9.96. The van der Waals surface area contributed by atoms with Gasteiger partial charge in [0.2, 0.25) is 5.91 Å². The third-order valence-electron chi connectivity index (χ3n) is 4.69. The molecule has 2 unspecified atom stereocenters. The average molecular weight is 392 g/mol. The van der Waals surface area contributed by atoms with Crippen molar-refractivity contribution in [2.24, 2.45) is 17.6 Å². The summed E-state index contributed by atoms with van der Waals surface area (Å²) in [4.78, 5) is 14.1. The number of carbonyl (C=O) groups excluding carboxylic acids is 1. The third kappa shape index (κ3) is 7.92. The highest BCUT2D eigenvalue weighted by atomic mass is 35.5. The molecule has 1 aromatic rings. The summed E-state index contributed by atoms with van der Waals surface area (Å²) in [6, 6.07) is 9.80. The fourth-order valence-electron chi connectivity index (χ4n) is 2.92. The standard InChI is InChI=1S/C18H29N3O2.2ClH/c1-14(11-19)18(23)20-12-15-7-9-21(10-8-15)13-17(22)16-5-3-2-4-6-16;;/h2-6,14-15,17,22H,7-13,19H2,1H3,(H,20,23);2*1H. The van der Waals surface area contributed by atoms with Crippen molar-refractivity contribution in [1.82, 2.24) is 10.2 Å². The van der Waals surface area contributed by atoms with E-state index in [1.54, 1.807) is 0 Å². The third-order valence-corrected chi connectivity index (χ3v) is 4.69. The zero-order valence-corrected chi connectivity index (χ0v) is 16.4. The van der Waals surface area contributed by atoms with Gasteiger partial charge in [-0.1, -0.05) is 37.3 Å². The minimum atomic E-state index is -0.433. The lowest BCUT2D eigenvalue weighted by Gasteiger charge is -2.33. The summed E-state index contributed by atoms with van der Waals surface area (Å²) in [6.07, 6.45) is 1.68. The van der Waals surface area contributed by atoms with Crippen LogP contribution in [0.1, 0.15) is 31.4 Å². The van der Waals surface area contributed by atoms with Crippen LogP contribution in [0.3, 0.4) is 0 Å². The molecule has 25 heavy (non-hydrogen) atoms. The number of amides is 1. The summed E-state index contributed by atoms with van der Waals surface area (Å²) in [7, 11) is 0. The summed E-state index contributed by atoms with van der Waals surface area (Å²) >= 11 is 0. The summed E-state index contributed by atoms with van der Waals surface area (Å²) in [5, 5.41) is 13.3. The lowest BCUT2D eigenvalue weighted by molar-refractivity contribution is -0.124. The van der Waals surface area contributed by atoms with Gasteiger partial charge in [0, 0.05) is 25.6 Å². The predicted octanol–water partition coefficient (Wildman–Crippen LogP) is 1.99. The first-order chi connectivity index (χ1) is 11.1. The Bertz CT molecular complexity index is 482. The normalized spacial score (nSPS) is 17.7. The van der Waals surface area contributed by atoms with Gasteiger partial charge in [0.1, 0.15) is 0 Å². The van der Waals surface area contributed by atoms with Crippen molar-refractivity contribution < 1.29 is 9.90 Å². The Balaban J connectivity index is 0.00000288. The summed E-state index contributed by atoms with van der Waals surface area (Å²) < 4.78 is 0. The molecule has 0 bridgehead atoms. The van der Waals surface area contributed by atoms with Crippen LogP contribution in [0.25, 0.3) is 0 Å². The number of likely N-dealkylation sites (tertiary alicyclic amines) is 1. The molecule has 1 saturated heterocycles. The van der Waals surface area contributed by atoms with E-state index in [4.69, 9.17) is 5.73 Å². The van der Waals surface area contributed by atoms with Gasteiger partial charge in [-0.25, -0.2) is 0 Å². The molecule has 1 heterocycles. The second-order valence-electron chi connectivity index (χ2n) is 6.55. The number of piperidine rings is 1. The van der Waals surface area contributed by atoms with Crippen LogP contribution in [0.4, 0.5) is 0 Å². The van der Waals surface area contributed by atoms with Gasteiger partial charge >= 0.3 is 0 Å². The molecule has 0 aliphatic carbocycles. The number of nitrogens with one attached hydrogen (secondary N) is 1. The number of halogens is 2. The molecule has 0 spiro atoms. The minimum Gasteiger partial charge on any atom is -0.387 e. The first kappa shape index (κ1) is 24.1. The zero-order valence-electron chi connectivity index (χ0n) is 14.8. The first-order valence-electron chi connectivity index (χ1n) is 8.53. The number of hydrogen-bond donors (Lipinski definition) is 3. The maximum atomic E-state index is 11.7. The van der Waals surface area contributed by atoms with Crippen molar-refractivity contribution >= 4 is 30.7 Å². The van der Waals surface area contributed by atoms with E-state index in [0.29, 0.717) is 19.0 Å². The van der Waals surface area contributed by atoms with Crippen LogP contribution >= 0.6 is 24.8 Å². The van der Waals surface area contributed by atoms with Crippen molar-refractivity contribution in [2.45, 2.75) is 25.9 Å². The summed E-state index contributed by atoms with van der Waals surface area (Å²) in [5.74, 6) is 0.458. The van der Waals surface area contributed by atoms with Gasteiger partial charge in [0.05, 0.1) is 6.10 Å². The Morgan fingerprint density at radius 3 is 2.44 bits per heavy atom. The predicted molar refractivity (Wildman–Crippen MR) is 106 cm³/mol. The van der Waals surface area contributed by atoms with Crippen molar-refractivity contribution in [3.05, 3.63) is 35.9 Å². The van der Waals surface area contributed by atoms with E-state index in [-0.39, 0.29) is 36.6 Å². The van der Waals surface area contributed by atoms with Gasteiger partial charge in [-0.3, -0.25) is 4.79 Å². The van der Waals surface area contributed by atoms with E-state index in [1.807, 2.05) is 37.3 Å². The monoisotopic (exact) mass is 391 g/mol. The molecule has 5 nitrogen and oxygen atoms in total. The average Bonchev–Trinajstić information content (AvgIpc) is 2.60. The number of nitrogens with two attached hydrogens (primary N) is 1. The van der Waals surface area contributed by atoms with Gasteiger partial charge in [-0.15, -0.1) is 24.8 Å². The number of benzene rings is 1. The molecule has 1 amide bonds. The molecule has 0 saturated carbocycles. The highest BCUT2D eigenvalue weighted by Crippen LogP contribution is 2.20. The number of β-amino-alcohol motifs (C(OH)–C–C–N with tert-alkyl or cyclic N) is 1. The number of carbonyl (C=O) groups is 1. The maximum Gasteiger partial charge on any atom is 0.224 e. The summed E-state index contributed by atoms with van der Waals surface area (Å²) in [5.41, 5.74) is 6.47. The van der Waals surface area contributed by atoms with E-state index >= 15 is 0 Å². The quantitative estimate of drug-likeness (QED) is 0.663. The molecule has 0 aromatic heterocycles. The lowest BCUT2D eigenvalue weighted by Crippen LogP contribution is -2.41. The Labute approximate surface area is 163 Å². The fraction of sp³-hybridized carbons (Fsp3) is 0.611. The van der Waals surface area contributed by atoms with Crippen molar-refractivity contribution in [2.75, 3.05) is 32.7 Å². The number of rotatable bonds is 7. The van der Waals surface area contributed by atoms with E-state index in [2.05, 4.69) is 10.2 Å². The first-order valence-corrected chi connectivity index (χ1v) is 8.53. The number of hydrogen-bond acceptors (Lipinski definition) is 4. The van der Waals surface area contributed by atoms with E-state index < -0.39 is 6.10 Å². The number of aliphatic hydroxyl groups is 1. The number of aliphatic hydroxyl groups excluding tert-OH is 1. The van der Waals surface area contributed by atoms with Gasteiger partial charge in [0.25, 0.3) is 0 Å². The van der Waals surface area contributed by atoms with Crippen LogP contribution in [0, 0.1) is 11.8 Å². The SMILES string of the molecule is CC(CN)C(=O)NCC1CCN(CC(O)c2ccccc2)CC1.Cl.Cl. The van der Waals surface area contributed by atoms with Crippen LogP contribution in [0.15, 0.2) is 30.3 Å². The van der Waals surface area contributed by atoms with Crippen LogP contribution < -0.4 is 11.1 Å². The Kier molecular flexibility index (Phi) is 12.1. The molecular formula is C18H31Cl2N3O2. The van der Waals surface area contributed by atoms with Crippen molar-refractivity contribution in [3.63, 3.8) is 0 Å². The van der Waals surface area contributed by atoms with E-state index in [9.17, 15) is 9.90 Å². The number of nitrogens with zero attached hydrogens (tertiary/aromatic N) is 1. The Morgan fingerprint density at radius 2 is 1.88 bits per heavy atom. The molecule has 144 valence electrons. The molecule has 2 atom stereocenters. The molecular weight excluding hydrogens is 361 g/mol. The minimum absolute atomic E-state index is 0.